The number of anilines is 4. The molecule has 2 amide bonds. The fourth-order valence-corrected chi connectivity index (χ4v) is 7.47. The molecule has 1 spiro atoms. The number of hydrogen-bond acceptors (Lipinski definition) is 7. The highest BCUT2D eigenvalue weighted by atomic mass is 19.1. The zero-order valence-corrected chi connectivity index (χ0v) is 22.8. The van der Waals surface area contributed by atoms with Crippen LogP contribution in [0.2, 0.25) is 0 Å². The number of aromatic nitrogens is 2. The number of carbonyl (C=O) groups excluding carboxylic acids is 2. The van der Waals surface area contributed by atoms with Gasteiger partial charge in [-0.2, -0.15) is 4.98 Å². The summed E-state index contributed by atoms with van der Waals surface area (Å²) in [7, 11) is 0. The van der Waals surface area contributed by atoms with Crippen LogP contribution < -0.4 is 20.4 Å². The molecule has 9 nitrogen and oxygen atoms in total. The van der Waals surface area contributed by atoms with Crippen molar-refractivity contribution in [2.75, 3.05) is 47.8 Å². The second-order valence-corrected chi connectivity index (χ2v) is 12.4. The lowest BCUT2D eigenvalue weighted by atomic mass is 9.42. The standard InChI is InChI=1S/C29H36FN7O2/c1-17(2)35-8-10-36(11-9-35)23-5-4-21(12-22(23)30)33-27-32-16-20-13-28(6-7-31-25(28)38)26(39)37(24(20)34-27)29-14-19(15-29)18(29)3/h4-5,12,16-19H,6-11,13-15H2,1-3H3,(H,31,38)(H,32,33,34)/t18-,19?,28-,29?/m1/s1. The zero-order valence-electron chi connectivity index (χ0n) is 22.8. The second kappa shape index (κ2) is 8.61. The average molecular weight is 534 g/mol. The highest BCUT2D eigenvalue weighted by Crippen LogP contribution is 2.67. The Morgan fingerprint density at radius 3 is 2.51 bits per heavy atom. The maximum Gasteiger partial charge on any atom is 0.244 e. The number of nitrogens with one attached hydrogen (secondary N) is 2. The van der Waals surface area contributed by atoms with E-state index in [2.05, 4.69) is 46.2 Å². The van der Waals surface area contributed by atoms with Crippen LogP contribution in [0.4, 0.5) is 27.5 Å². The van der Waals surface area contributed by atoms with E-state index >= 15 is 4.39 Å². The monoisotopic (exact) mass is 533 g/mol. The Labute approximate surface area is 228 Å². The predicted molar refractivity (Wildman–Crippen MR) is 147 cm³/mol. The summed E-state index contributed by atoms with van der Waals surface area (Å²) >= 11 is 0. The first-order valence-electron chi connectivity index (χ1n) is 14.3. The van der Waals surface area contributed by atoms with Gasteiger partial charge in [0.05, 0.1) is 11.2 Å². The summed E-state index contributed by atoms with van der Waals surface area (Å²) in [6.07, 6.45) is 4.42. The molecule has 3 aliphatic carbocycles. The van der Waals surface area contributed by atoms with Crippen molar-refractivity contribution in [1.82, 2.24) is 20.2 Å². The van der Waals surface area contributed by atoms with E-state index in [-0.39, 0.29) is 23.2 Å². The molecule has 8 rings (SSSR count). The van der Waals surface area contributed by atoms with Gasteiger partial charge in [0.25, 0.3) is 0 Å². The fourth-order valence-electron chi connectivity index (χ4n) is 7.47. The van der Waals surface area contributed by atoms with Gasteiger partial charge in [0, 0.05) is 62.6 Å². The highest BCUT2D eigenvalue weighted by molar-refractivity contribution is 6.15. The van der Waals surface area contributed by atoms with Gasteiger partial charge in [-0.05, 0) is 63.1 Å². The third kappa shape index (κ3) is 3.53. The molecule has 0 unspecified atom stereocenters. The van der Waals surface area contributed by atoms with Crippen LogP contribution in [0.3, 0.4) is 0 Å². The molecule has 2 aromatic rings. The van der Waals surface area contributed by atoms with Crippen LogP contribution in [0.15, 0.2) is 24.4 Å². The van der Waals surface area contributed by atoms with Crippen molar-refractivity contribution in [1.29, 1.82) is 0 Å². The lowest BCUT2D eigenvalue weighted by Gasteiger charge is -2.71. The Kier molecular flexibility index (Phi) is 5.47. The van der Waals surface area contributed by atoms with E-state index in [0.717, 1.165) is 44.6 Å². The number of amides is 2. The Morgan fingerprint density at radius 2 is 1.92 bits per heavy atom. The molecule has 3 saturated carbocycles. The summed E-state index contributed by atoms with van der Waals surface area (Å²) in [5.41, 5.74) is 0.628. The lowest BCUT2D eigenvalue weighted by Crippen LogP contribution is -2.78. The van der Waals surface area contributed by atoms with Gasteiger partial charge < -0.3 is 15.5 Å². The van der Waals surface area contributed by atoms with Crippen molar-refractivity contribution in [2.45, 2.75) is 58.0 Å². The summed E-state index contributed by atoms with van der Waals surface area (Å²) in [5, 5.41) is 6.03. The van der Waals surface area contributed by atoms with Gasteiger partial charge in [-0.25, -0.2) is 9.37 Å². The van der Waals surface area contributed by atoms with Crippen molar-refractivity contribution < 1.29 is 14.0 Å². The molecular formula is C29H36FN7O2. The van der Waals surface area contributed by atoms with Gasteiger partial charge >= 0.3 is 0 Å². The van der Waals surface area contributed by atoms with Gasteiger partial charge in [-0.15, -0.1) is 0 Å². The van der Waals surface area contributed by atoms with Crippen LogP contribution in [0.25, 0.3) is 0 Å². The first-order chi connectivity index (χ1) is 18.7. The molecule has 4 heterocycles. The molecule has 1 aromatic heterocycles. The number of nitrogens with zero attached hydrogens (tertiary/aromatic N) is 5. The fraction of sp³-hybridized carbons (Fsp3) is 0.586. The third-order valence-corrected chi connectivity index (χ3v) is 10.3. The minimum absolute atomic E-state index is 0.132. The lowest BCUT2D eigenvalue weighted by molar-refractivity contribution is -0.151. The van der Waals surface area contributed by atoms with Gasteiger partial charge in [0.2, 0.25) is 17.8 Å². The second-order valence-electron chi connectivity index (χ2n) is 12.4. The number of carbonyl (C=O) groups is 2. The van der Waals surface area contributed by atoms with E-state index in [1.165, 1.54) is 6.07 Å². The SMILES string of the molecule is CC(C)N1CCN(c2ccc(Nc3ncc4c(n3)N(C35CC(C3)[C@H]5C)C(=O)[C@]3(CCNC3=O)C4)cc2F)CC1. The van der Waals surface area contributed by atoms with Gasteiger partial charge in [0.15, 0.2) is 0 Å². The molecule has 6 aliphatic rings. The molecule has 0 radical (unpaired) electrons. The molecule has 2 N–H and O–H groups in total. The minimum Gasteiger partial charge on any atom is -0.367 e. The van der Waals surface area contributed by atoms with Crippen LogP contribution in [0.1, 0.15) is 45.6 Å². The molecule has 5 fully saturated rings. The summed E-state index contributed by atoms with van der Waals surface area (Å²) < 4.78 is 15.2. The van der Waals surface area contributed by atoms with Crippen LogP contribution in [-0.4, -0.2) is 71.0 Å². The minimum atomic E-state index is -1.07. The summed E-state index contributed by atoms with van der Waals surface area (Å²) in [5.74, 6) is 1.31. The van der Waals surface area contributed by atoms with Crippen LogP contribution in [0.5, 0.6) is 0 Å². The van der Waals surface area contributed by atoms with Crippen LogP contribution in [0, 0.1) is 23.1 Å². The molecule has 206 valence electrons. The number of halogens is 1. The highest BCUT2D eigenvalue weighted by Gasteiger charge is 2.71. The van der Waals surface area contributed by atoms with Gasteiger partial charge in [-0.3, -0.25) is 19.4 Å². The smallest absolute Gasteiger partial charge is 0.244 e. The molecule has 3 aliphatic heterocycles. The number of fused-ring (bicyclic) bond motifs is 1. The maximum absolute atomic E-state index is 15.2. The first-order valence-corrected chi connectivity index (χ1v) is 14.3. The van der Waals surface area contributed by atoms with E-state index in [9.17, 15) is 9.59 Å². The predicted octanol–water partition coefficient (Wildman–Crippen LogP) is 3.08. The number of rotatable bonds is 5. The topological polar surface area (TPSA) is 93.7 Å². The van der Waals surface area contributed by atoms with Gasteiger partial charge in [-0.1, -0.05) is 6.92 Å². The van der Waals surface area contributed by atoms with Crippen LogP contribution >= 0.6 is 0 Å². The molecule has 10 heteroatoms. The quantitative estimate of drug-likeness (QED) is 0.571. The Balaban J connectivity index is 1.15. The van der Waals surface area contributed by atoms with Crippen molar-refractivity contribution in [2.24, 2.45) is 17.3 Å². The largest absolute Gasteiger partial charge is 0.367 e. The zero-order chi connectivity index (χ0) is 27.1. The maximum atomic E-state index is 15.2. The first kappa shape index (κ1) is 24.7. The number of piperazine rings is 1. The Bertz CT molecular complexity index is 1350. The molecule has 39 heavy (non-hydrogen) atoms. The molecule has 2 atom stereocenters. The van der Waals surface area contributed by atoms with E-state index in [0.29, 0.717) is 60.4 Å². The third-order valence-electron chi connectivity index (χ3n) is 10.3. The number of benzene rings is 1. The molecule has 2 saturated heterocycles. The van der Waals surface area contributed by atoms with E-state index in [1.807, 2.05) is 17.0 Å². The molecular weight excluding hydrogens is 497 g/mol. The van der Waals surface area contributed by atoms with Gasteiger partial charge in [0.1, 0.15) is 17.1 Å². The summed E-state index contributed by atoms with van der Waals surface area (Å²) in [6, 6.07) is 5.63. The molecule has 1 aromatic carbocycles. The number of hydrogen-bond donors (Lipinski definition) is 2. The normalized spacial score (nSPS) is 31.7. The van der Waals surface area contributed by atoms with E-state index in [4.69, 9.17) is 4.98 Å². The van der Waals surface area contributed by atoms with Crippen molar-refractivity contribution >= 4 is 35.0 Å². The molecule has 2 bridgehead atoms. The Hall–Kier alpha value is -3.27. The average Bonchev–Trinajstić information content (AvgIpc) is 3.26. The van der Waals surface area contributed by atoms with Crippen molar-refractivity contribution in [3.63, 3.8) is 0 Å². The van der Waals surface area contributed by atoms with E-state index in [1.54, 1.807) is 6.20 Å². The summed E-state index contributed by atoms with van der Waals surface area (Å²) in [4.78, 5) is 42.6. The van der Waals surface area contributed by atoms with E-state index < -0.39 is 5.41 Å². The van der Waals surface area contributed by atoms with Crippen molar-refractivity contribution in [3.05, 3.63) is 35.8 Å². The Morgan fingerprint density at radius 1 is 1.15 bits per heavy atom. The van der Waals surface area contributed by atoms with Crippen molar-refractivity contribution in [3.8, 4) is 0 Å². The summed E-state index contributed by atoms with van der Waals surface area (Å²) in [6.45, 7) is 10.5. The van der Waals surface area contributed by atoms with Crippen LogP contribution in [-0.2, 0) is 16.0 Å².